The third-order valence-electron chi connectivity index (χ3n) is 4.85. The molecular weight excluding hydrogens is 505 g/mol. The third-order valence-corrected chi connectivity index (χ3v) is 7.76. The predicted molar refractivity (Wildman–Crippen MR) is 120 cm³/mol. The molecule has 2 atom stereocenters. The van der Waals surface area contributed by atoms with Crippen molar-refractivity contribution in [2.24, 2.45) is 0 Å². The maximum absolute atomic E-state index is 12.5. The van der Waals surface area contributed by atoms with Gasteiger partial charge in [0.1, 0.15) is 12.6 Å². The van der Waals surface area contributed by atoms with Gasteiger partial charge < -0.3 is 9.64 Å². The molecule has 2 aliphatic rings. The number of carbonyl (C=O) groups is 3. The first kappa shape index (κ1) is 25.9. The SMILES string of the molecule is O=C(Nc1nnc(SCC(=O)N2CC[C@@H]3[C@H]2C(=O)N3S(=O)(=O)O)s1)OCc1ccccc1.[NaH]. The number of amides is 3. The molecule has 2 N–H and O–H groups in total. The number of β-lactam (4-membered cyclic amide) rings is 1. The van der Waals surface area contributed by atoms with Gasteiger partial charge in [0.25, 0.3) is 5.91 Å². The predicted octanol–water partition coefficient (Wildman–Crippen LogP) is 0.345. The summed E-state index contributed by atoms with van der Waals surface area (Å²) in [5.41, 5.74) is 0.837. The first-order valence-electron chi connectivity index (χ1n) is 9.28. The van der Waals surface area contributed by atoms with Crippen molar-refractivity contribution in [3.05, 3.63) is 35.9 Å². The number of ether oxygens (including phenoxy) is 1. The summed E-state index contributed by atoms with van der Waals surface area (Å²) in [5.74, 6) is -1.22. The Balaban J connectivity index is 0.00000306. The van der Waals surface area contributed by atoms with Gasteiger partial charge in [-0.3, -0.25) is 19.5 Å². The van der Waals surface area contributed by atoms with E-state index in [1.807, 2.05) is 30.3 Å². The van der Waals surface area contributed by atoms with E-state index in [0.29, 0.717) is 8.64 Å². The molecule has 0 bridgehead atoms. The number of nitrogens with one attached hydrogen (secondary N) is 1. The summed E-state index contributed by atoms with van der Waals surface area (Å²) in [6, 6.07) is 7.56. The topological polar surface area (TPSA) is 159 Å². The zero-order valence-corrected chi connectivity index (χ0v) is 18.7. The van der Waals surface area contributed by atoms with Crippen molar-refractivity contribution >= 4 is 86.0 Å². The van der Waals surface area contributed by atoms with Crippen LogP contribution in [0.1, 0.15) is 12.0 Å². The Morgan fingerprint density at radius 1 is 1.27 bits per heavy atom. The number of nitrogens with zero attached hydrogens (tertiary/aromatic N) is 4. The Morgan fingerprint density at radius 2 is 2.00 bits per heavy atom. The number of likely N-dealkylation sites (tertiary alicyclic amines) is 1. The van der Waals surface area contributed by atoms with E-state index in [4.69, 9.17) is 9.29 Å². The Kier molecular flexibility index (Phi) is 8.36. The summed E-state index contributed by atoms with van der Waals surface area (Å²) < 4.78 is 37.5. The molecule has 0 unspecified atom stereocenters. The summed E-state index contributed by atoms with van der Waals surface area (Å²) in [7, 11) is -4.62. The van der Waals surface area contributed by atoms with Crippen LogP contribution in [0.15, 0.2) is 34.7 Å². The van der Waals surface area contributed by atoms with Crippen LogP contribution in [0, 0.1) is 0 Å². The molecule has 0 saturated carbocycles. The van der Waals surface area contributed by atoms with Gasteiger partial charge >= 0.3 is 46.0 Å². The Hall–Kier alpha value is -1.75. The molecule has 3 heterocycles. The molecule has 33 heavy (non-hydrogen) atoms. The molecule has 12 nitrogen and oxygen atoms in total. The van der Waals surface area contributed by atoms with E-state index in [0.717, 1.165) is 28.7 Å². The first-order chi connectivity index (χ1) is 15.2. The van der Waals surface area contributed by atoms with Crippen molar-refractivity contribution in [1.82, 2.24) is 19.4 Å². The average molecular weight is 524 g/mol. The van der Waals surface area contributed by atoms with E-state index in [1.54, 1.807) is 0 Å². The van der Waals surface area contributed by atoms with Gasteiger partial charge in [0.15, 0.2) is 4.34 Å². The zero-order chi connectivity index (χ0) is 22.9. The molecule has 4 rings (SSSR count). The van der Waals surface area contributed by atoms with E-state index in [1.165, 1.54) is 4.90 Å². The van der Waals surface area contributed by atoms with Crippen LogP contribution in [0.3, 0.4) is 0 Å². The second-order valence-electron chi connectivity index (χ2n) is 6.85. The summed E-state index contributed by atoms with van der Waals surface area (Å²) in [4.78, 5) is 37.7. The summed E-state index contributed by atoms with van der Waals surface area (Å²) >= 11 is 2.14. The molecule has 1 aromatic carbocycles. The van der Waals surface area contributed by atoms with Crippen molar-refractivity contribution in [3.8, 4) is 0 Å². The molecule has 16 heteroatoms. The summed E-state index contributed by atoms with van der Waals surface area (Å²) in [6.07, 6.45) is -0.419. The zero-order valence-electron chi connectivity index (χ0n) is 16.3. The van der Waals surface area contributed by atoms with Gasteiger partial charge in [-0.05, 0) is 12.0 Å². The van der Waals surface area contributed by atoms with Crippen molar-refractivity contribution < 1.29 is 32.1 Å². The molecule has 172 valence electrons. The van der Waals surface area contributed by atoms with E-state index in [9.17, 15) is 22.8 Å². The van der Waals surface area contributed by atoms with Gasteiger partial charge in [0.05, 0.1) is 11.8 Å². The molecular formula is C17H18N5NaO7S3. The number of benzene rings is 1. The molecule has 0 radical (unpaired) electrons. The van der Waals surface area contributed by atoms with Gasteiger partial charge in [-0.15, -0.1) is 10.2 Å². The second-order valence-corrected chi connectivity index (χ2v) is 10.3. The minimum absolute atomic E-state index is 0. The van der Waals surface area contributed by atoms with Crippen molar-refractivity contribution in [2.75, 3.05) is 17.6 Å². The minimum atomic E-state index is -4.62. The summed E-state index contributed by atoms with van der Waals surface area (Å²) in [5, 5.41) is 10.4. The van der Waals surface area contributed by atoms with Crippen LogP contribution in [0.2, 0.25) is 0 Å². The maximum atomic E-state index is 12.5. The fourth-order valence-electron chi connectivity index (χ4n) is 3.47. The van der Waals surface area contributed by atoms with Gasteiger partial charge in [-0.1, -0.05) is 53.4 Å². The number of anilines is 1. The normalized spacial score (nSPS) is 19.4. The van der Waals surface area contributed by atoms with Crippen molar-refractivity contribution in [1.29, 1.82) is 0 Å². The second kappa shape index (κ2) is 10.7. The van der Waals surface area contributed by atoms with Crippen LogP contribution >= 0.6 is 23.1 Å². The van der Waals surface area contributed by atoms with Gasteiger partial charge in [0, 0.05) is 6.54 Å². The molecule has 2 saturated heterocycles. The Bertz CT molecular complexity index is 1150. The standard InChI is InChI=1S/C17H17N5O7S3.Na.H/c23-12(21-7-6-11-13(21)14(24)22(11)32(26,27)28)9-30-17-20-19-15(31-17)18-16(25)29-8-10-4-2-1-3-5-10;;/h1-5,11,13H,6-9H2,(H,18,19,25)(H,26,27,28);;/t11-,13+;;/m1../s1. The Labute approximate surface area is 219 Å². The average Bonchev–Trinajstić information content (AvgIpc) is 3.34. The van der Waals surface area contributed by atoms with Crippen LogP contribution in [0.4, 0.5) is 9.93 Å². The van der Waals surface area contributed by atoms with Crippen LogP contribution in [0.5, 0.6) is 0 Å². The van der Waals surface area contributed by atoms with Crippen LogP contribution in [-0.2, 0) is 31.2 Å². The fourth-order valence-corrected chi connectivity index (χ4v) is 5.99. The molecule has 2 aliphatic heterocycles. The van der Waals surface area contributed by atoms with Crippen molar-refractivity contribution in [3.63, 3.8) is 0 Å². The van der Waals surface area contributed by atoms with E-state index in [-0.39, 0.29) is 65.9 Å². The quantitative estimate of drug-likeness (QED) is 0.170. The van der Waals surface area contributed by atoms with E-state index >= 15 is 0 Å². The van der Waals surface area contributed by atoms with Gasteiger partial charge in [0.2, 0.25) is 11.0 Å². The number of thioether (sulfide) groups is 1. The Morgan fingerprint density at radius 3 is 2.70 bits per heavy atom. The molecule has 1 aromatic heterocycles. The molecule has 2 fully saturated rings. The van der Waals surface area contributed by atoms with Crippen LogP contribution < -0.4 is 5.32 Å². The van der Waals surface area contributed by atoms with E-state index in [2.05, 4.69) is 15.5 Å². The number of carbonyl (C=O) groups excluding carboxylic acids is 3. The molecule has 3 amide bonds. The monoisotopic (exact) mass is 523 g/mol. The molecule has 0 aliphatic carbocycles. The van der Waals surface area contributed by atoms with Crippen LogP contribution in [-0.4, -0.2) is 104 Å². The number of hydrogen-bond donors (Lipinski definition) is 2. The number of aromatic nitrogens is 2. The van der Waals surface area contributed by atoms with Gasteiger partial charge in [-0.2, -0.15) is 8.42 Å². The number of hydrogen-bond acceptors (Lipinski definition) is 10. The van der Waals surface area contributed by atoms with E-state index < -0.39 is 34.4 Å². The summed E-state index contributed by atoms with van der Waals surface area (Å²) in [6.45, 7) is 0.315. The third kappa shape index (κ3) is 5.85. The van der Waals surface area contributed by atoms with Crippen LogP contribution in [0.25, 0.3) is 0 Å². The molecule has 2 aromatic rings. The fraction of sp³-hybridized carbons (Fsp3) is 0.353. The first-order valence-corrected chi connectivity index (χ1v) is 12.5. The van der Waals surface area contributed by atoms with Crippen molar-refractivity contribution in [2.45, 2.75) is 29.5 Å². The molecule has 0 spiro atoms. The number of rotatable bonds is 7. The number of fused-ring (bicyclic) bond motifs is 1. The van der Waals surface area contributed by atoms with Gasteiger partial charge in [-0.25, -0.2) is 9.10 Å².